The lowest BCUT2D eigenvalue weighted by Crippen LogP contribution is -2.15. The Bertz CT molecular complexity index is 932. The molecule has 9 heteroatoms. The maximum absolute atomic E-state index is 12.9. The number of anilines is 1. The summed E-state index contributed by atoms with van der Waals surface area (Å²) < 4.78 is 20.5. The predicted octanol–water partition coefficient (Wildman–Crippen LogP) is 4.40. The summed E-state index contributed by atoms with van der Waals surface area (Å²) in [6.07, 6.45) is 0. The lowest BCUT2D eigenvalue weighted by atomic mass is 10.3. The highest BCUT2D eigenvalue weighted by molar-refractivity contribution is 7.99. The third-order valence-corrected chi connectivity index (χ3v) is 4.97. The van der Waals surface area contributed by atoms with E-state index in [2.05, 4.69) is 15.5 Å². The van der Waals surface area contributed by atoms with Gasteiger partial charge in [0.05, 0.1) is 5.75 Å². The van der Waals surface area contributed by atoms with Gasteiger partial charge in [0.1, 0.15) is 18.2 Å². The standard InChI is InChI=1S/C19H18ClFN4O2S/c1-2-25-17(11-27-16-9-3-13(20)4-10-16)23-24-19(25)28-12-18(26)22-15-7-5-14(21)6-8-15/h3-10H,2,11-12H2,1H3,(H,22,26). The van der Waals surface area contributed by atoms with Crippen LogP contribution >= 0.6 is 23.4 Å². The molecule has 0 aliphatic heterocycles. The normalized spacial score (nSPS) is 10.7. The van der Waals surface area contributed by atoms with E-state index in [1.165, 1.54) is 36.0 Å². The highest BCUT2D eigenvalue weighted by Gasteiger charge is 2.14. The minimum absolute atomic E-state index is 0.160. The summed E-state index contributed by atoms with van der Waals surface area (Å²) >= 11 is 7.14. The fourth-order valence-corrected chi connectivity index (χ4v) is 3.34. The predicted molar refractivity (Wildman–Crippen MR) is 107 cm³/mol. The molecule has 0 unspecified atom stereocenters. The van der Waals surface area contributed by atoms with Crippen LogP contribution in [-0.4, -0.2) is 26.4 Å². The second-order valence-electron chi connectivity index (χ2n) is 5.73. The zero-order chi connectivity index (χ0) is 19.9. The zero-order valence-corrected chi connectivity index (χ0v) is 16.6. The minimum Gasteiger partial charge on any atom is -0.486 e. The molecule has 1 N–H and O–H groups in total. The molecule has 6 nitrogen and oxygen atoms in total. The van der Waals surface area contributed by atoms with Gasteiger partial charge in [0.25, 0.3) is 0 Å². The minimum atomic E-state index is -0.350. The Morgan fingerprint density at radius 2 is 1.89 bits per heavy atom. The number of rotatable bonds is 8. The monoisotopic (exact) mass is 420 g/mol. The number of hydrogen-bond donors (Lipinski definition) is 1. The van der Waals surface area contributed by atoms with Crippen molar-refractivity contribution in [1.82, 2.24) is 14.8 Å². The highest BCUT2D eigenvalue weighted by atomic mass is 35.5. The van der Waals surface area contributed by atoms with Crippen LogP contribution in [0.1, 0.15) is 12.7 Å². The average molecular weight is 421 g/mol. The van der Waals surface area contributed by atoms with Crippen LogP contribution in [0.4, 0.5) is 10.1 Å². The Kier molecular flexibility index (Phi) is 6.89. The Balaban J connectivity index is 1.56. The first kappa shape index (κ1) is 20.2. The molecule has 3 aromatic rings. The summed E-state index contributed by atoms with van der Waals surface area (Å²) in [6, 6.07) is 12.7. The van der Waals surface area contributed by atoms with Crippen LogP contribution in [0.3, 0.4) is 0 Å². The third kappa shape index (κ3) is 5.46. The number of nitrogens with zero attached hydrogens (tertiary/aromatic N) is 3. The van der Waals surface area contributed by atoms with E-state index in [-0.39, 0.29) is 24.1 Å². The van der Waals surface area contributed by atoms with Crippen LogP contribution in [-0.2, 0) is 17.9 Å². The quantitative estimate of drug-likeness (QED) is 0.547. The van der Waals surface area contributed by atoms with Crippen LogP contribution in [0.2, 0.25) is 5.02 Å². The van der Waals surface area contributed by atoms with Gasteiger partial charge in [-0.2, -0.15) is 0 Å². The van der Waals surface area contributed by atoms with Crippen LogP contribution < -0.4 is 10.1 Å². The van der Waals surface area contributed by atoms with Gasteiger partial charge >= 0.3 is 0 Å². The summed E-state index contributed by atoms with van der Waals surface area (Å²) in [5, 5.41) is 12.3. The van der Waals surface area contributed by atoms with Gasteiger partial charge < -0.3 is 14.6 Å². The second-order valence-corrected chi connectivity index (χ2v) is 7.11. The molecule has 0 atom stereocenters. The maximum Gasteiger partial charge on any atom is 0.234 e. The molecule has 3 rings (SSSR count). The van der Waals surface area contributed by atoms with Crippen LogP contribution in [0.5, 0.6) is 5.75 Å². The summed E-state index contributed by atoms with van der Waals surface area (Å²) in [7, 11) is 0. The van der Waals surface area contributed by atoms with Crippen molar-refractivity contribution < 1.29 is 13.9 Å². The fraction of sp³-hybridized carbons (Fsp3) is 0.211. The topological polar surface area (TPSA) is 69.0 Å². The molecule has 0 spiro atoms. The van der Waals surface area contributed by atoms with Crippen molar-refractivity contribution in [3.05, 3.63) is 65.2 Å². The van der Waals surface area contributed by atoms with E-state index in [0.29, 0.717) is 34.0 Å². The Labute approximate surface area is 171 Å². The zero-order valence-electron chi connectivity index (χ0n) is 15.1. The summed E-state index contributed by atoms with van der Waals surface area (Å²) in [5.74, 6) is 0.952. The van der Waals surface area contributed by atoms with Gasteiger partial charge in [0.2, 0.25) is 5.91 Å². The number of carbonyl (C=O) groups excluding carboxylic acids is 1. The van der Waals surface area contributed by atoms with E-state index < -0.39 is 0 Å². The first-order valence-electron chi connectivity index (χ1n) is 8.54. The average Bonchev–Trinajstić information content (AvgIpc) is 3.09. The molecule has 0 bridgehead atoms. The first-order valence-corrected chi connectivity index (χ1v) is 9.90. The number of benzene rings is 2. The molecule has 28 heavy (non-hydrogen) atoms. The lowest BCUT2D eigenvalue weighted by molar-refractivity contribution is -0.113. The number of thioether (sulfide) groups is 1. The molecule has 0 radical (unpaired) electrons. The van der Waals surface area contributed by atoms with E-state index in [1.54, 1.807) is 24.3 Å². The molecule has 0 fully saturated rings. The van der Waals surface area contributed by atoms with Crippen molar-refractivity contribution in [2.45, 2.75) is 25.2 Å². The Morgan fingerprint density at radius 3 is 2.57 bits per heavy atom. The molecular weight excluding hydrogens is 403 g/mol. The molecule has 0 saturated carbocycles. The van der Waals surface area contributed by atoms with E-state index in [1.807, 2.05) is 11.5 Å². The summed E-state index contributed by atoms with van der Waals surface area (Å²) in [4.78, 5) is 12.1. The van der Waals surface area contributed by atoms with Crippen molar-refractivity contribution >= 4 is 35.0 Å². The Morgan fingerprint density at radius 1 is 1.18 bits per heavy atom. The van der Waals surface area contributed by atoms with E-state index in [4.69, 9.17) is 16.3 Å². The Hall–Kier alpha value is -2.58. The van der Waals surface area contributed by atoms with Crippen molar-refractivity contribution in [3.8, 4) is 5.75 Å². The van der Waals surface area contributed by atoms with Gasteiger partial charge in [-0.1, -0.05) is 23.4 Å². The number of aromatic nitrogens is 3. The van der Waals surface area contributed by atoms with E-state index in [9.17, 15) is 9.18 Å². The van der Waals surface area contributed by atoms with Crippen molar-refractivity contribution in [2.75, 3.05) is 11.1 Å². The van der Waals surface area contributed by atoms with Gasteiger partial charge in [-0.25, -0.2) is 4.39 Å². The molecular formula is C19H18ClFN4O2S. The molecule has 0 aliphatic rings. The second kappa shape index (κ2) is 9.57. The number of carbonyl (C=O) groups is 1. The third-order valence-electron chi connectivity index (χ3n) is 3.75. The van der Waals surface area contributed by atoms with E-state index >= 15 is 0 Å². The SMILES string of the molecule is CCn1c(COc2ccc(Cl)cc2)nnc1SCC(=O)Nc1ccc(F)cc1. The molecule has 1 amide bonds. The van der Waals surface area contributed by atoms with Gasteiger partial charge in [-0.05, 0) is 55.5 Å². The van der Waals surface area contributed by atoms with Crippen LogP contribution in [0.15, 0.2) is 53.7 Å². The van der Waals surface area contributed by atoms with Crippen molar-refractivity contribution in [3.63, 3.8) is 0 Å². The van der Waals surface area contributed by atoms with E-state index in [0.717, 1.165) is 0 Å². The summed E-state index contributed by atoms with van der Waals surface area (Å²) in [6.45, 7) is 2.87. The van der Waals surface area contributed by atoms with Crippen LogP contribution in [0, 0.1) is 5.82 Å². The smallest absolute Gasteiger partial charge is 0.234 e. The largest absolute Gasteiger partial charge is 0.486 e. The van der Waals surface area contributed by atoms with Gasteiger partial charge in [-0.3, -0.25) is 4.79 Å². The molecule has 1 aromatic heterocycles. The van der Waals surface area contributed by atoms with Gasteiger partial charge in [0.15, 0.2) is 11.0 Å². The van der Waals surface area contributed by atoms with Gasteiger partial charge in [-0.15, -0.1) is 10.2 Å². The number of nitrogens with one attached hydrogen (secondary N) is 1. The number of amides is 1. The molecule has 0 saturated heterocycles. The molecule has 1 heterocycles. The van der Waals surface area contributed by atoms with Crippen molar-refractivity contribution in [1.29, 1.82) is 0 Å². The molecule has 2 aromatic carbocycles. The molecule has 0 aliphatic carbocycles. The first-order chi connectivity index (χ1) is 13.5. The van der Waals surface area contributed by atoms with Gasteiger partial charge in [0, 0.05) is 17.3 Å². The highest BCUT2D eigenvalue weighted by Crippen LogP contribution is 2.20. The summed E-state index contributed by atoms with van der Waals surface area (Å²) in [5.41, 5.74) is 0.543. The van der Waals surface area contributed by atoms with Crippen molar-refractivity contribution in [2.24, 2.45) is 0 Å². The number of ether oxygens (including phenoxy) is 1. The van der Waals surface area contributed by atoms with Crippen LogP contribution in [0.25, 0.3) is 0 Å². The maximum atomic E-state index is 12.9. The lowest BCUT2D eigenvalue weighted by Gasteiger charge is -2.09. The fourth-order valence-electron chi connectivity index (χ4n) is 2.39. The molecule has 146 valence electrons. The number of halogens is 2. The number of hydrogen-bond acceptors (Lipinski definition) is 5.